The van der Waals surface area contributed by atoms with Gasteiger partial charge in [-0.2, -0.15) is 0 Å². The zero-order valence-electron chi connectivity index (χ0n) is 10.6. The Bertz CT molecular complexity index is 624. The minimum absolute atomic E-state index is 0.0471. The summed E-state index contributed by atoms with van der Waals surface area (Å²) in [5, 5.41) is 19.7. The maximum absolute atomic E-state index is 11.1. The Morgan fingerprint density at radius 1 is 1.45 bits per heavy atom. The summed E-state index contributed by atoms with van der Waals surface area (Å²) < 4.78 is 27.0. The van der Waals surface area contributed by atoms with E-state index in [4.69, 9.17) is 9.84 Å². The van der Waals surface area contributed by atoms with E-state index in [2.05, 4.69) is 0 Å². The van der Waals surface area contributed by atoms with Gasteiger partial charge in [0.2, 0.25) is 0 Å². The van der Waals surface area contributed by atoms with Crippen molar-refractivity contribution in [1.29, 1.82) is 0 Å². The van der Waals surface area contributed by atoms with E-state index in [1.165, 1.54) is 12.1 Å². The van der Waals surface area contributed by atoms with Gasteiger partial charge in [-0.05, 0) is 12.5 Å². The Kier molecular flexibility index (Phi) is 5.03. The average Bonchev–Trinajstić information content (AvgIpc) is 2.32. The van der Waals surface area contributed by atoms with Crippen LogP contribution in [0.3, 0.4) is 0 Å². The number of rotatable bonds is 7. The van der Waals surface area contributed by atoms with Crippen LogP contribution in [-0.2, 0) is 9.84 Å². The SMILES string of the molecule is CS(=O)(=O)CCCOc1cccc([N+](=O)[O-])c1C(=O)O. The Morgan fingerprint density at radius 3 is 2.60 bits per heavy atom. The van der Waals surface area contributed by atoms with Crippen molar-refractivity contribution in [1.82, 2.24) is 0 Å². The van der Waals surface area contributed by atoms with Crippen LogP contribution in [0.25, 0.3) is 0 Å². The summed E-state index contributed by atoms with van der Waals surface area (Å²) in [6.45, 7) is -0.0471. The number of ether oxygens (including phenoxy) is 1. The Labute approximate surface area is 115 Å². The van der Waals surface area contributed by atoms with Crippen LogP contribution in [0.15, 0.2) is 18.2 Å². The molecule has 0 heterocycles. The largest absolute Gasteiger partial charge is 0.492 e. The molecule has 0 fully saturated rings. The Morgan fingerprint density at radius 2 is 2.10 bits per heavy atom. The van der Waals surface area contributed by atoms with Crippen molar-refractivity contribution >= 4 is 21.5 Å². The third-order valence-corrected chi connectivity index (χ3v) is 3.36. The van der Waals surface area contributed by atoms with E-state index in [0.29, 0.717) is 0 Å². The van der Waals surface area contributed by atoms with Gasteiger partial charge in [0.1, 0.15) is 15.6 Å². The molecule has 0 bridgehead atoms. The van der Waals surface area contributed by atoms with Crippen molar-refractivity contribution in [2.75, 3.05) is 18.6 Å². The fourth-order valence-corrected chi connectivity index (χ4v) is 2.15. The van der Waals surface area contributed by atoms with Crippen molar-refractivity contribution in [3.63, 3.8) is 0 Å². The van der Waals surface area contributed by atoms with E-state index < -0.39 is 32.0 Å². The molecule has 1 aromatic carbocycles. The molecule has 1 aromatic rings. The normalized spacial score (nSPS) is 11.1. The number of carboxylic acids is 1. The van der Waals surface area contributed by atoms with Crippen molar-refractivity contribution in [2.24, 2.45) is 0 Å². The molecule has 0 atom stereocenters. The second kappa shape index (κ2) is 6.33. The van der Waals surface area contributed by atoms with Gasteiger partial charge in [-0.1, -0.05) is 6.07 Å². The highest BCUT2D eigenvalue weighted by Crippen LogP contribution is 2.28. The van der Waals surface area contributed by atoms with Gasteiger partial charge in [-0.3, -0.25) is 10.1 Å². The number of hydrogen-bond donors (Lipinski definition) is 1. The molecule has 0 saturated heterocycles. The van der Waals surface area contributed by atoms with Gasteiger partial charge in [0.05, 0.1) is 17.3 Å². The van der Waals surface area contributed by atoms with Crippen molar-refractivity contribution in [3.05, 3.63) is 33.9 Å². The van der Waals surface area contributed by atoms with E-state index in [-0.39, 0.29) is 24.5 Å². The number of nitro groups is 1. The van der Waals surface area contributed by atoms with Gasteiger partial charge in [0.15, 0.2) is 5.56 Å². The number of aromatic carboxylic acids is 1. The lowest BCUT2D eigenvalue weighted by Gasteiger charge is -2.08. The predicted octanol–water partition coefficient (Wildman–Crippen LogP) is 1.11. The second-order valence-electron chi connectivity index (χ2n) is 4.04. The lowest BCUT2D eigenvalue weighted by Crippen LogP contribution is -2.11. The highest BCUT2D eigenvalue weighted by Gasteiger charge is 2.24. The second-order valence-corrected chi connectivity index (χ2v) is 6.30. The number of carbonyl (C=O) groups is 1. The van der Waals surface area contributed by atoms with E-state index in [9.17, 15) is 23.3 Å². The smallest absolute Gasteiger partial charge is 0.346 e. The molecule has 0 aliphatic heterocycles. The Balaban J connectivity index is 2.87. The predicted molar refractivity (Wildman–Crippen MR) is 69.9 cm³/mol. The van der Waals surface area contributed by atoms with Crippen LogP contribution in [0.1, 0.15) is 16.8 Å². The van der Waals surface area contributed by atoms with Gasteiger partial charge in [0, 0.05) is 12.3 Å². The van der Waals surface area contributed by atoms with Crippen LogP contribution in [0, 0.1) is 10.1 Å². The molecule has 9 heteroatoms. The molecule has 0 unspecified atom stereocenters. The quantitative estimate of drug-likeness (QED) is 0.454. The van der Waals surface area contributed by atoms with Crippen LogP contribution in [0.2, 0.25) is 0 Å². The summed E-state index contributed by atoms with van der Waals surface area (Å²) in [5.74, 6) is -1.74. The molecular formula is C11H13NO7S. The molecule has 1 N–H and O–H groups in total. The summed E-state index contributed by atoms with van der Waals surface area (Å²) in [5.41, 5.74) is -1.12. The summed E-state index contributed by atoms with van der Waals surface area (Å²) >= 11 is 0. The van der Waals surface area contributed by atoms with Crippen LogP contribution >= 0.6 is 0 Å². The van der Waals surface area contributed by atoms with E-state index in [1.807, 2.05) is 0 Å². The molecule has 1 rings (SSSR count). The molecule has 0 aliphatic carbocycles. The van der Waals surface area contributed by atoms with E-state index in [1.54, 1.807) is 0 Å². The van der Waals surface area contributed by atoms with Crippen LogP contribution in [-0.4, -0.2) is 43.0 Å². The summed E-state index contributed by atoms with van der Waals surface area (Å²) in [7, 11) is -3.13. The van der Waals surface area contributed by atoms with Gasteiger partial charge < -0.3 is 9.84 Å². The first-order valence-corrected chi connectivity index (χ1v) is 7.59. The lowest BCUT2D eigenvalue weighted by atomic mass is 10.1. The van der Waals surface area contributed by atoms with Crippen LogP contribution < -0.4 is 4.74 Å². The molecule has 110 valence electrons. The van der Waals surface area contributed by atoms with Crippen molar-refractivity contribution in [3.8, 4) is 5.75 Å². The third-order valence-electron chi connectivity index (χ3n) is 2.33. The molecule has 0 aliphatic rings. The lowest BCUT2D eigenvalue weighted by molar-refractivity contribution is -0.385. The first kappa shape index (κ1) is 15.9. The molecule has 0 amide bonds. The summed E-state index contributed by atoms with van der Waals surface area (Å²) in [6, 6.07) is 3.65. The van der Waals surface area contributed by atoms with Crippen molar-refractivity contribution in [2.45, 2.75) is 6.42 Å². The maximum atomic E-state index is 11.1. The highest BCUT2D eigenvalue weighted by atomic mass is 32.2. The number of benzene rings is 1. The molecular weight excluding hydrogens is 290 g/mol. The van der Waals surface area contributed by atoms with E-state index in [0.717, 1.165) is 12.3 Å². The molecule has 0 radical (unpaired) electrons. The minimum Gasteiger partial charge on any atom is -0.492 e. The number of hydrogen-bond acceptors (Lipinski definition) is 6. The first-order valence-electron chi connectivity index (χ1n) is 5.53. The fraction of sp³-hybridized carbons (Fsp3) is 0.364. The van der Waals surface area contributed by atoms with Gasteiger partial charge in [-0.15, -0.1) is 0 Å². The van der Waals surface area contributed by atoms with Gasteiger partial charge >= 0.3 is 5.97 Å². The van der Waals surface area contributed by atoms with E-state index >= 15 is 0 Å². The summed E-state index contributed by atoms with van der Waals surface area (Å²) in [4.78, 5) is 21.0. The molecule has 0 saturated carbocycles. The monoisotopic (exact) mass is 303 g/mol. The van der Waals surface area contributed by atoms with Gasteiger partial charge in [-0.25, -0.2) is 13.2 Å². The topological polar surface area (TPSA) is 124 Å². The number of carboxylic acid groups (broad SMARTS) is 1. The highest BCUT2D eigenvalue weighted by molar-refractivity contribution is 7.90. The first-order chi connectivity index (χ1) is 9.22. The number of sulfone groups is 1. The summed E-state index contributed by atoms with van der Waals surface area (Å²) in [6.07, 6.45) is 1.24. The maximum Gasteiger partial charge on any atom is 0.346 e. The average molecular weight is 303 g/mol. The molecule has 0 aromatic heterocycles. The number of nitrogens with zero attached hydrogens (tertiary/aromatic N) is 1. The minimum atomic E-state index is -3.13. The zero-order chi connectivity index (χ0) is 15.3. The Hall–Kier alpha value is -2.16. The third kappa shape index (κ3) is 4.50. The standard InChI is InChI=1S/C11H13NO7S/c1-20(17,18)7-3-6-19-9-5-2-4-8(12(15)16)10(9)11(13)14/h2,4-5H,3,6-7H2,1H3,(H,13,14). The molecule has 8 nitrogen and oxygen atoms in total. The van der Waals surface area contributed by atoms with Crippen molar-refractivity contribution < 1.29 is 28.0 Å². The van der Waals surface area contributed by atoms with Crippen LogP contribution in [0.4, 0.5) is 5.69 Å². The van der Waals surface area contributed by atoms with Crippen LogP contribution in [0.5, 0.6) is 5.75 Å². The fourth-order valence-electron chi connectivity index (χ4n) is 1.51. The van der Waals surface area contributed by atoms with Gasteiger partial charge in [0.25, 0.3) is 5.69 Å². The molecule has 0 spiro atoms. The number of nitro benzene ring substituents is 1. The zero-order valence-corrected chi connectivity index (χ0v) is 11.4. The molecule has 20 heavy (non-hydrogen) atoms.